The van der Waals surface area contributed by atoms with E-state index in [4.69, 9.17) is 4.98 Å². The largest absolute Gasteiger partial charge is 0.348 e. The zero-order chi connectivity index (χ0) is 21.8. The second-order valence-electron chi connectivity index (χ2n) is 7.42. The lowest BCUT2D eigenvalue weighted by Gasteiger charge is -2.08. The van der Waals surface area contributed by atoms with E-state index >= 15 is 0 Å². The van der Waals surface area contributed by atoms with Crippen LogP contribution in [-0.4, -0.2) is 15.5 Å². The first-order valence-electron chi connectivity index (χ1n) is 10.4. The average molecular weight is 436 g/mol. The normalized spacial score (nSPS) is 10.8. The number of benzene rings is 3. The molecule has 0 aliphatic rings. The summed E-state index contributed by atoms with van der Waals surface area (Å²) in [5.41, 5.74) is 5.85. The van der Waals surface area contributed by atoms with E-state index in [9.17, 15) is 4.79 Å². The van der Waals surface area contributed by atoms with Gasteiger partial charge in [0.2, 0.25) is 0 Å². The lowest BCUT2D eigenvalue weighted by Crippen LogP contribution is -2.22. The highest BCUT2D eigenvalue weighted by Gasteiger charge is 2.09. The van der Waals surface area contributed by atoms with Gasteiger partial charge in [-0.15, -0.1) is 11.3 Å². The van der Waals surface area contributed by atoms with Crippen LogP contribution in [0.25, 0.3) is 27.5 Å². The van der Waals surface area contributed by atoms with Crippen molar-refractivity contribution in [2.45, 2.75) is 6.54 Å². The van der Waals surface area contributed by atoms with E-state index in [1.807, 2.05) is 83.7 Å². The van der Waals surface area contributed by atoms with Gasteiger partial charge in [-0.2, -0.15) is 0 Å². The molecule has 0 aliphatic heterocycles. The lowest BCUT2D eigenvalue weighted by molar-refractivity contribution is 0.0951. The molecule has 0 fully saturated rings. The van der Waals surface area contributed by atoms with Crippen LogP contribution < -0.4 is 5.32 Å². The van der Waals surface area contributed by atoms with Gasteiger partial charge in [0.25, 0.3) is 5.91 Å². The summed E-state index contributed by atoms with van der Waals surface area (Å²) >= 11 is 1.63. The van der Waals surface area contributed by atoms with E-state index in [0.29, 0.717) is 12.1 Å². The van der Waals surface area contributed by atoms with Crippen molar-refractivity contribution in [3.8, 4) is 27.5 Å². The Hall–Kier alpha value is -3.96. The molecule has 0 aliphatic carbocycles. The van der Waals surface area contributed by atoms with Gasteiger partial charge in [0.15, 0.2) is 0 Å². The van der Waals surface area contributed by atoms with Crippen LogP contribution in [0.3, 0.4) is 0 Å². The minimum Gasteiger partial charge on any atom is -0.348 e. The molecule has 1 N–H and O–H groups in total. The van der Waals surface area contributed by atoms with Gasteiger partial charge in [-0.1, -0.05) is 48.5 Å². The van der Waals surface area contributed by atoms with Crippen LogP contribution in [0.2, 0.25) is 0 Å². The van der Waals surface area contributed by atoms with Crippen LogP contribution in [-0.2, 0) is 6.54 Å². The van der Waals surface area contributed by atoms with Crippen LogP contribution >= 0.6 is 11.3 Å². The molecule has 2 aromatic heterocycles. The van der Waals surface area contributed by atoms with E-state index in [-0.39, 0.29) is 5.91 Å². The topological polar surface area (TPSA) is 46.9 Å². The minimum atomic E-state index is -0.0879. The zero-order valence-corrected chi connectivity index (χ0v) is 18.1. The SMILES string of the molecule is O=C(NCc1cccc(-c2nc(-c3ccccc3)cs2)c1)c1ccc(-n2cccc2)cc1. The summed E-state index contributed by atoms with van der Waals surface area (Å²) in [6.45, 7) is 0.461. The molecule has 1 amide bonds. The number of amides is 1. The molecular formula is C27H21N3OS. The molecule has 0 radical (unpaired) electrons. The van der Waals surface area contributed by atoms with E-state index in [1.54, 1.807) is 11.3 Å². The van der Waals surface area contributed by atoms with Crippen LogP contribution in [0, 0.1) is 0 Å². The van der Waals surface area contributed by atoms with Crippen LogP contribution in [0.5, 0.6) is 0 Å². The molecule has 5 heteroatoms. The molecule has 32 heavy (non-hydrogen) atoms. The van der Waals surface area contributed by atoms with Crippen LogP contribution in [0.15, 0.2) is 109 Å². The molecule has 4 nitrogen and oxygen atoms in total. The standard InChI is InChI=1S/C27H21N3OS/c31-26(22-11-13-24(14-12-22)30-15-4-5-16-30)28-18-20-7-6-10-23(17-20)27-29-25(19-32-27)21-8-2-1-3-9-21/h1-17,19H,18H2,(H,28,31). The summed E-state index contributed by atoms with van der Waals surface area (Å²) in [5, 5.41) is 6.07. The Morgan fingerprint density at radius 1 is 0.844 bits per heavy atom. The lowest BCUT2D eigenvalue weighted by atomic mass is 10.1. The van der Waals surface area contributed by atoms with E-state index in [2.05, 4.69) is 35.0 Å². The molecule has 0 bridgehead atoms. The van der Waals surface area contributed by atoms with Gasteiger partial charge >= 0.3 is 0 Å². The Balaban J connectivity index is 1.25. The van der Waals surface area contributed by atoms with Crippen molar-refractivity contribution >= 4 is 17.2 Å². The third kappa shape index (κ3) is 4.38. The van der Waals surface area contributed by atoms with Crippen LogP contribution in [0.1, 0.15) is 15.9 Å². The van der Waals surface area contributed by atoms with Crippen molar-refractivity contribution in [1.82, 2.24) is 14.9 Å². The predicted octanol–water partition coefficient (Wildman–Crippen LogP) is 6.20. The van der Waals surface area contributed by atoms with Crippen molar-refractivity contribution in [3.63, 3.8) is 0 Å². The molecule has 156 valence electrons. The van der Waals surface area contributed by atoms with E-state index < -0.39 is 0 Å². The maximum absolute atomic E-state index is 12.6. The summed E-state index contributed by atoms with van der Waals surface area (Å²) in [6.07, 6.45) is 3.96. The summed E-state index contributed by atoms with van der Waals surface area (Å²) < 4.78 is 2.01. The molecule has 3 aromatic carbocycles. The number of carbonyl (C=O) groups excluding carboxylic acids is 1. The number of rotatable bonds is 6. The summed E-state index contributed by atoms with van der Waals surface area (Å²) in [5.74, 6) is -0.0879. The highest BCUT2D eigenvalue weighted by molar-refractivity contribution is 7.13. The Kier molecular flexibility index (Phi) is 5.64. The Morgan fingerprint density at radius 3 is 2.38 bits per heavy atom. The summed E-state index contributed by atoms with van der Waals surface area (Å²) in [4.78, 5) is 17.4. The molecule has 5 aromatic rings. The smallest absolute Gasteiger partial charge is 0.251 e. The summed E-state index contributed by atoms with van der Waals surface area (Å²) in [6, 6.07) is 29.9. The molecule has 5 rings (SSSR count). The summed E-state index contributed by atoms with van der Waals surface area (Å²) in [7, 11) is 0. The number of carbonyl (C=O) groups is 1. The molecule has 0 atom stereocenters. The zero-order valence-electron chi connectivity index (χ0n) is 17.3. The van der Waals surface area contributed by atoms with E-state index in [0.717, 1.165) is 33.1 Å². The number of hydrogen-bond donors (Lipinski definition) is 1. The Morgan fingerprint density at radius 2 is 1.59 bits per heavy atom. The third-order valence-electron chi connectivity index (χ3n) is 5.23. The number of thiazole rings is 1. The van der Waals surface area contributed by atoms with Gasteiger partial charge in [-0.3, -0.25) is 4.79 Å². The van der Waals surface area contributed by atoms with Crippen molar-refractivity contribution in [3.05, 3.63) is 120 Å². The van der Waals surface area contributed by atoms with Crippen molar-refractivity contribution < 1.29 is 4.79 Å². The quantitative estimate of drug-likeness (QED) is 0.345. The van der Waals surface area contributed by atoms with Gasteiger partial charge in [0.05, 0.1) is 5.69 Å². The molecule has 0 saturated carbocycles. The fourth-order valence-corrected chi connectivity index (χ4v) is 4.36. The molecule has 2 heterocycles. The first kappa shape index (κ1) is 20.0. The Bertz CT molecular complexity index is 1320. The first-order chi connectivity index (χ1) is 15.8. The predicted molar refractivity (Wildman–Crippen MR) is 130 cm³/mol. The highest BCUT2D eigenvalue weighted by Crippen LogP contribution is 2.29. The number of hydrogen-bond acceptors (Lipinski definition) is 3. The van der Waals surface area contributed by atoms with Gasteiger partial charge in [-0.25, -0.2) is 4.98 Å². The van der Waals surface area contributed by atoms with Gasteiger partial charge in [0, 0.05) is 46.7 Å². The minimum absolute atomic E-state index is 0.0879. The van der Waals surface area contributed by atoms with Gasteiger partial charge < -0.3 is 9.88 Å². The van der Waals surface area contributed by atoms with Gasteiger partial charge in [0.1, 0.15) is 5.01 Å². The van der Waals surface area contributed by atoms with E-state index in [1.165, 1.54) is 0 Å². The maximum atomic E-state index is 12.6. The molecule has 0 saturated heterocycles. The third-order valence-corrected chi connectivity index (χ3v) is 6.12. The number of aromatic nitrogens is 2. The van der Waals surface area contributed by atoms with Crippen molar-refractivity contribution in [2.24, 2.45) is 0 Å². The second-order valence-corrected chi connectivity index (χ2v) is 8.28. The maximum Gasteiger partial charge on any atom is 0.251 e. The number of nitrogens with one attached hydrogen (secondary N) is 1. The molecular weight excluding hydrogens is 414 g/mol. The monoisotopic (exact) mass is 435 g/mol. The Labute approximate surface area is 190 Å². The van der Waals surface area contributed by atoms with Crippen LogP contribution in [0.4, 0.5) is 0 Å². The second kappa shape index (κ2) is 9.04. The fourth-order valence-electron chi connectivity index (χ4n) is 3.54. The first-order valence-corrected chi connectivity index (χ1v) is 11.3. The fraction of sp³-hybridized carbons (Fsp3) is 0.0370. The molecule has 0 spiro atoms. The highest BCUT2D eigenvalue weighted by atomic mass is 32.1. The number of nitrogens with zero attached hydrogens (tertiary/aromatic N) is 2. The van der Waals surface area contributed by atoms with Crippen molar-refractivity contribution in [2.75, 3.05) is 0 Å². The molecule has 0 unspecified atom stereocenters. The van der Waals surface area contributed by atoms with Crippen molar-refractivity contribution in [1.29, 1.82) is 0 Å². The average Bonchev–Trinajstić information content (AvgIpc) is 3.56. The van der Waals surface area contributed by atoms with Gasteiger partial charge in [-0.05, 0) is 48.0 Å².